The number of nitrogens with one attached hydrogen (secondary N) is 2. The van der Waals surface area contributed by atoms with Crippen LogP contribution in [0.4, 0.5) is 4.79 Å². The fraction of sp³-hybridized carbons (Fsp3) is 0.640. The van der Waals surface area contributed by atoms with Crippen LogP contribution in [0.15, 0.2) is 24.5 Å². The zero-order valence-electron chi connectivity index (χ0n) is 19.3. The van der Waals surface area contributed by atoms with E-state index in [1.165, 1.54) is 33.8 Å². The number of carbonyl (C=O) groups excluding carboxylic acids is 1. The number of amides is 2. The van der Waals surface area contributed by atoms with Gasteiger partial charge in [0.15, 0.2) is 0 Å². The van der Waals surface area contributed by atoms with Gasteiger partial charge in [0.05, 0.1) is 6.04 Å². The van der Waals surface area contributed by atoms with E-state index in [9.17, 15) is 4.79 Å². The molecule has 1 aliphatic heterocycles. The van der Waals surface area contributed by atoms with Gasteiger partial charge in [0, 0.05) is 42.0 Å². The molecule has 1 aliphatic carbocycles. The molecule has 0 bridgehead atoms. The molecule has 0 radical (unpaired) electrons. The third-order valence-corrected chi connectivity index (χ3v) is 8.07. The van der Waals surface area contributed by atoms with Crippen LogP contribution in [-0.2, 0) is 13.0 Å². The van der Waals surface area contributed by atoms with Crippen molar-refractivity contribution in [1.82, 2.24) is 20.1 Å². The molecule has 0 aromatic carbocycles. The molecule has 1 atom stereocenters. The fourth-order valence-corrected chi connectivity index (χ4v) is 6.42. The monoisotopic (exact) mass is 442 g/mol. The highest BCUT2D eigenvalue weighted by molar-refractivity contribution is 7.15. The van der Waals surface area contributed by atoms with Crippen molar-refractivity contribution in [3.8, 4) is 5.00 Å². The maximum absolute atomic E-state index is 13.0. The first-order valence-corrected chi connectivity index (χ1v) is 12.9. The summed E-state index contributed by atoms with van der Waals surface area (Å²) in [4.78, 5) is 17.0. The maximum atomic E-state index is 13.0. The van der Waals surface area contributed by atoms with Crippen molar-refractivity contribution < 1.29 is 4.79 Å². The molecule has 2 N–H and O–H groups in total. The lowest BCUT2D eigenvalue weighted by Gasteiger charge is -2.28. The highest BCUT2D eigenvalue weighted by Crippen LogP contribution is 2.41. The highest BCUT2D eigenvalue weighted by atomic mass is 32.1. The molecule has 1 saturated carbocycles. The Bertz CT molecular complexity index is 851. The van der Waals surface area contributed by atoms with Gasteiger partial charge in [0.2, 0.25) is 0 Å². The van der Waals surface area contributed by atoms with E-state index >= 15 is 0 Å². The number of nitrogens with zero attached hydrogens (tertiary/aromatic N) is 2. The van der Waals surface area contributed by atoms with Crippen LogP contribution in [0.1, 0.15) is 81.3 Å². The van der Waals surface area contributed by atoms with Crippen LogP contribution in [0, 0.1) is 5.92 Å². The summed E-state index contributed by atoms with van der Waals surface area (Å²) < 4.78 is 2.24. The minimum Gasteiger partial charge on any atom is -0.335 e. The number of carbonyl (C=O) groups is 1. The summed E-state index contributed by atoms with van der Waals surface area (Å²) in [6.45, 7) is 9.99. The van der Waals surface area contributed by atoms with Crippen LogP contribution < -0.4 is 10.6 Å². The standard InChI is InChI=1S/C25H38N4OS/c1-4-28-16-13-20-22(17-28)31-24(29-14-7-8-15-29)23(20)21(12-11-18(2)3)27-25(30)26-19-9-5-6-10-19/h7-8,14-15,18-19,21H,4-6,9-13,16-17H2,1-3H3,(H2,26,27,30)/t21-/m0/s1. The molecule has 2 amide bonds. The van der Waals surface area contributed by atoms with Gasteiger partial charge in [-0.05, 0) is 62.3 Å². The molecule has 0 spiro atoms. The number of urea groups is 1. The van der Waals surface area contributed by atoms with E-state index in [1.54, 1.807) is 0 Å². The Morgan fingerprint density at radius 1 is 1.19 bits per heavy atom. The highest BCUT2D eigenvalue weighted by Gasteiger charge is 2.30. The number of rotatable bonds is 8. The van der Waals surface area contributed by atoms with Gasteiger partial charge in [-0.2, -0.15) is 0 Å². The third kappa shape index (κ3) is 5.35. The summed E-state index contributed by atoms with van der Waals surface area (Å²) in [7, 11) is 0. The Morgan fingerprint density at radius 3 is 2.61 bits per heavy atom. The molecule has 0 saturated heterocycles. The second-order valence-electron chi connectivity index (χ2n) is 9.55. The van der Waals surface area contributed by atoms with Gasteiger partial charge in [-0.1, -0.05) is 33.6 Å². The van der Waals surface area contributed by atoms with Gasteiger partial charge in [0.25, 0.3) is 0 Å². The number of fused-ring (bicyclic) bond motifs is 1. The minimum atomic E-state index is 0.00468. The predicted molar refractivity (Wildman–Crippen MR) is 129 cm³/mol. The normalized spacial score (nSPS) is 18.3. The first kappa shape index (κ1) is 22.4. The van der Waals surface area contributed by atoms with Crippen molar-refractivity contribution in [2.24, 2.45) is 5.92 Å². The summed E-state index contributed by atoms with van der Waals surface area (Å²) >= 11 is 1.91. The predicted octanol–water partition coefficient (Wildman–Crippen LogP) is 5.64. The first-order valence-electron chi connectivity index (χ1n) is 12.1. The van der Waals surface area contributed by atoms with Gasteiger partial charge in [-0.25, -0.2) is 4.79 Å². The lowest BCUT2D eigenvalue weighted by Crippen LogP contribution is -2.43. The zero-order chi connectivity index (χ0) is 21.8. The van der Waals surface area contributed by atoms with Gasteiger partial charge in [0.1, 0.15) is 5.00 Å². The maximum Gasteiger partial charge on any atom is 0.315 e. The molecular formula is C25H38N4OS. The Kier molecular flexibility index (Phi) is 7.39. The van der Waals surface area contributed by atoms with E-state index in [4.69, 9.17) is 0 Å². The smallest absolute Gasteiger partial charge is 0.315 e. The van der Waals surface area contributed by atoms with E-state index in [1.807, 2.05) is 11.3 Å². The van der Waals surface area contributed by atoms with E-state index in [0.717, 1.165) is 51.7 Å². The fourth-order valence-electron chi connectivity index (χ4n) is 5.00. The lowest BCUT2D eigenvalue weighted by atomic mass is 9.92. The van der Waals surface area contributed by atoms with Crippen LogP contribution in [0.2, 0.25) is 0 Å². The van der Waals surface area contributed by atoms with Crippen LogP contribution in [0.5, 0.6) is 0 Å². The van der Waals surface area contributed by atoms with Gasteiger partial charge in [-0.15, -0.1) is 11.3 Å². The molecule has 4 rings (SSSR count). The van der Waals surface area contributed by atoms with Crippen molar-refractivity contribution in [2.45, 2.75) is 84.3 Å². The Balaban J connectivity index is 1.65. The van der Waals surface area contributed by atoms with Crippen molar-refractivity contribution in [3.63, 3.8) is 0 Å². The van der Waals surface area contributed by atoms with Gasteiger partial charge < -0.3 is 15.2 Å². The van der Waals surface area contributed by atoms with E-state index < -0.39 is 0 Å². The minimum absolute atomic E-state index is 0.00468. The largest absolute Gasteiger partial charge is 0.335 e. The summed E-state index contributed by atoms with van der Waals surface area (Å²) in [5.74, 6) is 0.613. The second kappa shape index (κ2) is 10.2. The quantitative estimate of drug-likeness (QED) is 0.556. The third-order valence-electron chi connectivity index (χ3n) is 6.82. The number of hydrogen-bond donors (Lipinski definition) is 2. The summed E-state index contributed by atoms with van der Waals surface area (Å²) in [6.07, 6.45) is 12.1. The molecular weight excluding hydrogens is 404 g/mol. The van der Waals surface area contributed by atoms with Crippen molar-refractivity contribution in [1.29, 1.82) is 0 Å². The Morgan fingerprint density at radius 2 is 1.94 bits per heavy atom. The Hall–Kier alpha value is -1.79. The molecule has 0 unspecified atom stereocenters. The van der Waals surface area contributed by atoms with Crippen molar-refractivity contribution >= 4 is 17.4 Å². The van der Waals surface area contributed by atoms with Crippen LogP contribution >= 0.6 is 11.3 Å². The average Bonchev–Trinajstić information content (AvgIpc) is 3.50. The average molecular weight is 443 g/mol. The van der Waals surface area contributed by atoms with E-state index in [-0.39, 0.29) is 12.1 Å². The molecule has 6 heteroatoms. The summed E-state index contributed by atoms with van der Waals surface area (Å²) in [6, 6.07) is 4.57. The van der Waals surface area contributed by atoms with E-state index in [2.05, 4.69) is 65.4 Å². The van der Waals surface area contributed by atoms with Crippen LogP contribution in [-0.4, -0.2) is 34.6 Å². The number of thiophene rings is 1. The first-order chi connectivity index (χ1) is 15.0. The number of hydrogen-bond acceptors (Lipinski definition) is 3. The molecule has 5 nitrogen and oxygen atoms in total. The van der Waals surface area contributed by atoms with Crippen LogP contribution in [0.3, 0.4) is 0 Å². The Labute approximate surface area is 191 Å². The zero-order valence-corrected chi connectivity index (χ0v) is 20.1. The van der Waals surface area contributed by atoms with Gasteiger partial charge >= 0.3 is 6.03 Å². The summed E-state index contributed by atoms with van der Waals surface area (Å²) in [5, 5.41) is 7.94. The number of aromatic nitrogens is 1. The molecule has 2 aromatic rings. The van der Waals surface area contributed by atoms with Crippen molar-refractivity contribution in [2.75, 3.05) is 13.1 Å². The van der Waals surface area contributed by atoms with E-state index in [0.29, 0.717) is 12.0 Å². The second-order valence-corrected chi connectivity index (χ2v) is 10.6. The molecule has 31 heavy (non-hydrogen) atoms. The molecule has 170 valence electrons. The van der Waals surface area contributed by atoms with Crippen LogP contribution in [0.25, 0.3) is 5.00 Å². The molecule has 1 fully saturated rings. The topological polar surface area (TPSA) is 49.3 Å². The van der Waals surface area contributed by atoms with Crippen molar-refractivity contribution in [3.05, 3.63) is 40.5 Å². The SMILES string of the molecule is CCN1CCc2c(sc(-n3cccc3)c2[C@H](CCC(C)C)NC(=O)NC2CCCC2)C1. The molecule has 2 aromatic heterocycles. The number of likely N-dealkylation sites (N-methyl/N-ethyl adjacent to an activating group) is 1. The summed E-state index contributed by atoms with van der Waals surface area (Å²) in [5.41, 5.74) is 2.84. The van der Waals surface area contributed by atoms with Gasteiger partial charge in [-0.3, -0.25) is 4.90 Å². The lowest BCUT2D eigenvalue weighted by molar-refractivity contribution is 0.231. The molecule has 2 aliphatic rings. The molecule has 3 heterocycles.